The fourth-order valence-electron chi connectivity index (χ4n) is 11.9. The van der Waals surface area contributed by atoms with Crippen LogP contribution in [0, 0.1) is 0 Å². The molecule has 6 aromatic carbocycles. The number of anilines is 3. The van der Waals surface area contributed by atoms with E-state index in [2.05, 4.69) is 174 Å². The molecule has 6 heteroatoms. The average molecular weight is 742 g/mol. The molecule has 3 aromatic heterocycles. The lowest BCUT2D eigenvalue weighted by atomic mass is 9.84. The van der Waals surface area contributed by atoms with Crippen LogP contribution in [-0.4, -0.2) is 37.8 Å². The quantitative estimate of drug-likeness (QED) is 0.134. The van der Waals surface area contributed by atoms with Crippen molar-refractivity contribution in [2.24, 2.45) is 0 Å². The van der Waals surface area contributed by atoms with Crippen molar-refractivity contribution >= 4 is 82.5 Å². The molecule has 6 nitrogen and oxygen atoms in total. The Morgan fingerprint density at radius 1 is 0.298 bits per heavy atom. The topological polar surface area (TPSA) is 21.4 Å². The Balaban J connectivity index is 0.991. The summed E-state index contributed by atoms with van der Waals surface area (Å²) in [6.07, 6.45) is 3.43. The highest BCUT2D eigenvalue weighted by molar-refractivity contribution is 6.10. The molecule has 0 saturated heterocycles. The van der Waals surface area contributed by atoms with Gasteiger partial charge in [0.05, 0.1) is 16.2 Å². The first-order valence-electron chi connectivity index (χ1n) is 21.1. The molecule has 3 aliphatic heterocycles. The third kappa shape index (κ3) is 4.50. The SMILES string of the molecule is c1ccc2c(c1)c1[n+](c3ccccc23)CCN1C1CC(N2CC[n+]3c2c2ccccc2c2ccccc23)CC(N2CC[n+]3c2c2ccccc2c2ccccc23)C1. The molecular formula is C51H45N6+3. The van der Waals surface area contributed by atoms with Crippen LogP contribution in [0.25, 0.3) is 65.0 Å². The van der Waals surface area contributed by atoms with Gasteiger partial charge in [0.15, 0.2) is 0 Å². The summed E-state index contributed by atoms with van der Waals surface area (Å²) >= 11 is 0. The van der Waals surface area contributed by atoms with E-state index in [0.29, 0.717) is 18.1 Å². The summed E-state index contributed by atoms with van der Waals surface area (Å²) in [6.45, 7) is 6.18. The van der Waals surface area contributed by atoms with Crippen LogP contribution in [0.2, 0.25) is 0 Å². The van der Waals surface area contributed by atoms with Crippen LogP contribution >= 0.6 is 0 Å². The van der Waals surface area contributed by atoms with Gasteiger partial charge < -0.3 is 0 Å². The molecule has 1 saturated carbocycles. The summed E-state index contributed by atoms with van der Waals surface area (Å²) in [5.74, 6) is 4.23. The number of hydrogen-bond donors (Lipinski definition) is 0. The fraction of sp³-hybridized carbons (Fsp3) is 0.235. The maximum atomic E-state index is 2.85. The number of nitrogens with zero attached hydrogens (tertiary/aromatic N) is 6. The molecule has 57 heavy (non-hydrogen) atoms. The Hall–Kier alpha value is -6.27. The molecule has 0 spiro atoms. The zero-order chi connectivity index (χ0) is 37.2. The van der Waals surface area contributed by atoms with Crippen molar-refractivity contribution in [3.63, 3.8) is 0 Å². The van der Waals surface area contributed by atoms with Crippen LogP contribution in [0.5, 0.6) is 0 Å². The Morgan fingerprint density at radius 2 is 0.544 bits per heavy atom. The van der Waals surface area contributed by atoms with E-state index < -0.39 is 0 Å². The second-order valence-electron chi connectivity index (χ2n) is 16.9. The number of para-hydroxylation sites is 3. The average Bonchev–Trinajstić information content (AvgIpc) is 4.05. The fourth-order valence-corrected chi connectivity index (χ4v) is 11.9. The minimum atomic E-state index is 0.397. The lowest BCUT2D eigenvalue weighted by Crippen LogP contribution is -2.54. The first-order chi connectivity index (χ1) is 28.3. The number of benzene rings is 6. The summed E-state index contributed by atoms with van der Waals surface area (Å²) in [7, 11) is 0. The number of fused-ring (bicyclic) bond motifs is 18. The van der Waals surface area contributed by atoms with E-state index in [-0.39, 0.29) is 0 Å². The van der Waals surface area contributed by atoms with Gasteiger partial charge in [-0.05, 0) is 36.4 Å². The normalized spacial score (nSPS) is 20.4. The van der Waals surface area contributed by atoms with Crippen molar-refractivity contribution in [3.8, 4) is 0 Å². The third-order valence-corrected chi connectivity index (χ3v) is 14.2. The minimum absolute atomic E-state index is 0.397. The molecule has 6 heterocycles. The maximum absolute atomic E-state index is 2.85. The highest BCUT2D eigenvalue weighted by Gasteiger charge is 2.51. The van der Waals surface area contributed by atoms with Crippen LogP contribution in [0.4, 0.5) is 17.5 Å². The molecule has 1 fully saturated rings. The van der Waals surface area contributed by atoms with Crippen molar-refractivity contribution in [3.05, 3.63) is 146 Å². The highest BCUT2D eigenvalue weighted by Crippen LogP contribution is 2.43. The lowest BCUT2D eigenvalue weighted by molar-refractivity contribution is -0.643. The van der Waals surface area contributed by atoms with Gasteiger partial charge in [-0.15, -0.1) is 0 Å². The van der Waals surface area contributed by atoms with Crippen molar-refractivity contribution in [2.75, 3.05) is 34.3 Å². The molecular weight excluding hydrogens is 697 g/mol. The monoisotopic (exact) mass is 741 g/mol. The number of rotatable bonds is 3. The van der Waals surface area contributed by atoms with E-state index in [1.807, 2.05) is 0 Å². The summed E-state index contributed by atoms with van der Waals surface area (Å²) < 4.78 is 7.91. The van der Waals surface area contributed by atoms with Gasteiger partial charge >= 0.3 is 0 Å². The van der Waals surface area contributed by atoms with E-state index in [1.165, 1.54) is 82.5 Å². The predicted molar refractivity (Wildman–Crippen MR) is 232 cm³/mol. The first-order valence-corrected chi connectivity index (χ1v) is 21.1. The van der Waals surface area contributed by atoms with E-state index in [1.54, 1.807) is 0 Å². The largest absolute Gasteiger partial charge is 0.285 e. The number of pyridine rings is 3. The molecule has 0 radical (unpaired) electrons. The van der Waals surface area contributed by atoms with Crippen LogP contribution in [-0.2, 0) is 19.6 Å². The Kier molecular flexibility index (Phi) is 6.78. The van der Waals surface area contributed by atoms with Gasteiger partial charge in [-0.25, -0.2) is 13.7 Å². The minimum Gasteiger partial charge on any atom is -0.254 e. The smallest absolute Gasteiger partial charge is 0.254 e. The van der Waals surface area contributed by atoms with Crippen LogP contribution < -0.4 is 28.4 Å². The summed E-state index contributed by atoms with van der Waals surface area (Å²) in [5.41, 5.74) is 4.05. The lowest BCUT2D eigenvalue weighted by Gasteiger charge is -2.39. The van der Waals surface area contributed by atoms with E-state index in [4.69, 9.17) is 0 Å². The number of aromatic nitrogens is 3. The molecule has 13 rings (SSSR count). The molecule has 9 aromatic rings. The summed E-state index contributed by atoms with van der Waals surface area (Å²) in [6, 6.07) is 55.9. The van der Waals surface area contributed by atoms with E-state index in [9.17, 15) is 0 Å². The summed E-state index contributed by atoms with van der Waals surface area (Å²) in [5, 5.41) is 12.3. The highest BCUT2D eigenvalue weighted by atomic mass is 15.4. The van der Waals surface area contributed by atoms with Crippen molar-refractivity contribution in [2.45, 2.75) is 57.0 Å². The Morgan fingerprint density at radius 3 is 0.842 bits per heavy atom. The van der Waals surface area contributed by atoms with Gasteiger partial charge in [-0.3, -0.25) is 14.7 Å². The first kappa shape index (κ1) is 31.9. The third-order valence-electron chi connectivity index (χ3n) is 14.2. The van der Waals surface area contributed by atoms with Gasteiger partial charge in [0.1, 0.15) is 73.9 Å². The summed E-state index contributed by atoms with van der Waals surface area (Å²) in [4.78, 5) is 8.54. The van der Waals surface area contributed by atoms with Crippen LogP contribution in [0.1, 0.15) is 19.3 Å². The van der Waals surface area contributed by atoms with Gasteiger partial charge in [-0.1, -0.05) is 109 Å². The second-order valence-corrected chi connectivity index (χ2v) is 16.9. The van der Waals surface area contributed by atoms with Gasteiger partial charge in [-0.2, -0.15) is 0 Å². The van der Waals surface area contributed by atoms with Gasteiger partial charge in [0.25, 0.3) is 17.5 Å². The van der Waals surface area contributed by atoms with E-state index in [0.717, 1.165) is 58.5 Å². The van der Waals surface area contributed by atoms with Gasteiger partial charge in [0, 0.05) is 51.6 Å². The molecule has 4 aliphatic rings. The Labute approximate surface area is 332 Å². The maximum Gasteiger partial charge on any atom is 0.285 e. The Bertz CT molecular complexity index is 2800. The molecule has 276 valence electrons. The van der Waals surface area contributed by atoms with Crippen molar-refractivity contribution in [1.29, 1.82) is 0 Å². The van der Waals surface area contributed by atoms with Crippen LogP contribution in [0.15, 0.2) is 146 Å². The van der Waals surface area contributed by atoms with Gasteiger partial charge in [0.2, 0.25) is 0 Å². The second kappa shape index (κ2) is 12.1. The molecule has 0 atom stereocenters. The number of hydrogen-bond acceptors (Lipinski definition) is 3. The van der Waals surface area contributed by atoms with Crippen molar-refractivity contribution in [1.82, 2.24) is 0 Å². The molecule has 1 aliphatic carbocycles. The molecule has 0 amide bonds. The van der Waals surface area contributed by atoms with E-state index >= 15 is 0 Å². The van der Waals surface area contributed by atoms with Crippen molar-refractivity contribution < 1.29 is 13.7 Å². The predicted octanol–water partition coefficient (Wildman–Crippen LogP) is 8.62. The van der Waals surface area contributed by atoms with Crippen LogP contribution in [0.3, 0.4) is 0 Å². The standard InChI is InChI=1S/C51H45N6/c1-4-19-43-37(13-1)40-16-7-10-22-46(40)55-28-25-52(49(43)55)34-31-35(53-26-29-56-47-23-11-8-17-41(47)38-14-2-5-20-44(38)50(53)56)33-36(32-34)54-27-30-57-48-24-12-9-18-42(48)39-15-3-6-21-45(39)51(54)57/h1-24,34-36H,25-33H2/q+3. The zero-order valence-electron chi connectivity index (χ0n) is 32.1. The zero-order valence-corrected chi connectivity index (χ0v) is 32.1. The molecule has 0 N–H and O–H groups in total. The molecule has 0 bridgehead atoms. The molecule has 0 unspecified atom stereocenters.